The van der Waals surface area contributed by atoms with Crippen molar-refractivity contribution in [1.29, 1.82) is 0 Å². The number of carbonyl (C=O) groups excluding carboxylic acids is 3. The molecular formula is C18H19N7O3. The van der Waals surface area contributed by atoms with E-state index in [4.69, 9.17) is 5.73 Å². The predicted molar refractivity (Wildman–Crippen MR) is 102 cm³/mol. The first-order valence-electron chi connectivity index (χ1n) is 8.87. The molecule has 28 heavy (non-hydrogen) atoms. The van der Waals surface area contributed by atoms with Gasteiger partial charge in [0.25, 0.3) is 5.91 Å². The topological polar surface area (TPSA) is 137 Å². The van der Waals surface area contributed by atoms with Gasteiger partial charge in [0.15, 0.2) is 0 Å². The molecule has 3 heterocycles. The Kier molecular flexibility index (Phi) is 4.10. The number of aryl methyl sites for hydroxylation is 3. The lowest BCUT2D eigenvalue weighted by molar-refractivity contribution is -0.116. The Morgan fingerprint density at radius 2 is 2.11 bits per heavy atom. The number of aromatic nitrogens is 4. The van der Waals surface area contributed by atoms with Crippen molar-refractivity contribution < 1.29 is 14.4 Å². The minimum absolute atomic E-state index is 0.191. The monoisotopic (exact) mass is 381 g/mol. The zero-order chi connectivity index (χ0) is 20.0. The maximum atomic E-state index is 12.8. The molecule has 10 heteroatoms. The Hall–Kier alpha value is -3.69. The fourth-order valence-electron chi connectivity index (χ4n) is 3.38. The molecule has 4 N–H and O–H groups in total. The van der Waals surface area contributed by atoms with Crippen LogP contribution in [0, 0.1) is 6.92 Å². The van der Waals surface area contributed by atoms with Crippen molar-refractivity contribution in [2.24, 2.45) is 5.73 Å². The van der Waals surface area contributed by atoms with Crippen molar-refractivity contribution in [2.75, 3.05) is 10.6 Å². The Morgan fingerprint density at radius 1 is 1.32 bits per heavy atom. The molecule has 144 valence electrons. The SMILES string of the molecule is CCn1nc(C)cc1C(=O)Nc1nc2cc(C(N)=O)cc3c2n1CCC(=O)N3. The van der Waals surface area contributed by atoms with Gasteiger partial charge in [-0.1, -0.05) is 0 Å². The number of rotatable bonds is 4. The number of primary amides is 1. The van der Waals surface area contributed by atoms with Crippen LogP contribution in [0.4, 0.5) is 11.6 Å². The average Bonchev–Trinajstić information content (AvgIpc) is 3.13. The maximum Gasteiger partial charge on any atom is 0.276 e. The summed E-state index contributed by atoms with van der Waals surface area (Å²) in [6.07, 6.45) is 0.209. The number of amides is 3. The number of hydrogen-bond acceptors (Lipinski definition) is 5. The molecule has 0 atom stereocenters. The first-order chi connectivity index (χ1) is 13.4. The third kappa shape index (κ3) is 2.88. The molecule has 0 bridgehead atoms. The standard InChI is InChI=1S/C18H19N7O3/c1-3-25-13(6-9(2)23-25)17(28)22-18-21-12-8-10(16(19)27)7-11-15(12)24(18)5-4-14(26)20-11/h6-8H,3-5H2,1-2H3,(H2,19,27)(H,20,26)(H,21,22,28). The van der Waals surface area contributed by atoms with Gasteiger partial charge in [-0.15, -0.1) is 0 Å². The number of carbonyl (C=O) groups is 3. The van der Waals surface area contributed by atoms with E-state index in [-0.39, 0.29) is 23.8 Å². The maximum absolute atomic E-state index is 12.8. The van der Waals surface area contributed by atoms with Gasteiger partial charge in [0, 0.05) is 25.1 Å². The van der Waals surface area contributed by atoms with Crippen LogP contribution in [-0.4, -0.2) is 37.1 Å². The molecular weight excluding hydrogens is 362 g/mol. The number of anilines is 2. The van der Waals surface area contributed by atoms with E-state index in [1.807, 2.05) is 13.8 Å². The van der Waals surface area contributed by atoms with Crippen molar-refractivity contribution >= 4 is 40.4 Å². The molecule has 0 aliphatic carbocycles. The molecule has 0 fully saturated rings. The smallest absolute Gasteiger partial charge is 0.276 e. The lowest BCUT2D eigenvalue weighted by Gasteiger charge is -2.09. The predicted octanol–water partition coefficient (Wildman–Crippen LogP) is 1.25. The molecule has 1 aliphatic heterocycles. The van der Waals surface area contributed by atoms with Crippen LogP contribution in [-0.2, 0) is 17.9 Å². The second-order valence-corrected chi connectivity index (χ2v) is 6.58. The van der Waals surface area contributed by atoms with E-state index >= 15 is 0 Å². The van der Waals surface area contributed by atoms with Gasteiger partial charge in [-0.25, -0.2) is 4.98 Å². The van der Waals surface area contributed by atoms with Gasteiger partial charge in [-0.3, -0.25) is 24.4 Å². The normalized spacial score (nSPS) is 13.3. The van der Waals surface area contributed by atoms with Crippen LogP contribution >= 0.6 is 0 Å². The zero-order valence-corrected chi connectivity index (χ0v) is 15.4. The molecule has 0 saturated carbocycles. The highest BCUT2D eigenvalue weighted by molar-refractivity contribution is 6.08. The summed E-state index contributed by atoms with van der Waals surface area (Å²) in [4.78, 5) is 40.9. The van der Waals surface area contributed by atoms with E-state index in [2.05, 4.69) is 20.7 Å². The highest BCUT2D eigenvalue weighted by Crippen LogP contribution is 2.31. The van der Waals surface area contributed by atoms with Crippen molar-refractivity contribution in [2.45, 2.75) is 33.4 Å². The van der Waals surface area contributed by atoms with Crippen LogP contribution in [0.15, 0.2) is 18.2 Å². The van der Waals surface area contributed by atoms with Gasteiger partial charge in [0.05, 0.1) is 22.4 Å². The summed E-state index contributed by atoms with van der Waals surface area (Å²) in [5.41, 5.74) is 8.31. The van der Waals surface area contributed by atoms with E-state index in [0.29, 0.717) is 41.5 Å². The van der Waals surface area contributed by atoms with Crippen LogP contribution < -0.4 is 16.4 Å². The van der Waals surface area contributed by atoms with Crippen LogP contribution in [0.2, 0.25) is 0 Å². The number of imidazole rings is 1. The average molecular weight is 381 g/mol. The third-order valence-corrected chi connectivity index (χ3v) is 4.62. The second kappa shape index (κ2) is 6.48. The van der Waals surface area contributed by atoms with Gasteiger partial charge in [-0.2, -0.15) is 5.10 Å². The van der Waals surface area contributed by atoms with Gasteiger partial charge in [0.2, 0.25) is 17.8 Å². The first kappa shape index (κ1) is 17.7. The Balaban J connectivity index is 1.81. The van der Waals surface area contributed by atoms with E-state index < -0.39 is 5.91 Å². The summed E-state index contributed by atoms with van der Waals surface area (Å²) in [5, 5.41) is 9.85. The first-order valence-corrected chi connectivity index (χ1v) is 8.87. The second-order valence-electron chi connectivity index (χ2n) is 6.58. The van der Waals surface area contributed by atoms with Crippen molar-refractivity contribution in [3.05, 3.63) is 35.2 Å². The summed E-state index contributed by atoms with van der Waals surface area (Å²) in [5.74, 6) is -0.877. The van der Waals surface area contributed by atoms with E-state index in [9.17, 15) is 14.4 Å². The molecule has 0 radical (unpaired) electrons. The van der Waals surface area contributed by atoms with E-state index in [0.717, 1.165) is 5.69 Å². The highest BCUT2D eigenvalue weighted by Gasteiger charge is 2.24. The van der Waals surface area contributed by atoms with Gasteiger partial charge >= 0.3 is 0 Å². The molecule has 2 aromatic heterocycles. The number of benzene rings is 1. The van der Waals surface area contributed by atoms with Crippen molar-refractivity contribution in [3.8, 4) is 0 Å². The Bertz CT molecular complexity index is 1140. The number of hydrogen-bond donors (Lipinski definition) is 3. The summed E-state index contributed by atoms with van der Waals surface area (Å²) in [6, 6.07) is 4.77. The Morgan fingerprint density at radius 3 is 2.82 bits per heavy atom. The van der Waals surface area contributed by atoms with Crippen molar-refractivity contribution in [3.63, 3.8) is 0 Å². The van der Waals surface area contributed by atoms with E-state index in [1.54, 1.807) is 21.4 Å². The number of nitrogens with zero attached hydrogens (tertiary/aromatic N) is 4. The van der Waals surface area contributed by atoms with Gasteiger partial charge < -0.3 is 15.6 Å². The summed E-state index contributed by atoms with van der Waals surface area (Å²) < 4.78 is 3.36. The molecule has 1 aliphatic rings. The minimum atomic E-state index is -0.626. The quantitative estimate of drug-likeness (QED) is 0.625. The number of nitrogens with one attached hydrogen (secondary N) is 2. The third-order valence-electron chi connectivity index (χ3n) is 4.62. The molecule has 1 aromatic carbocycles. The highest BCUT2D eigenvalue weighted by atomic mass is 16.2. The van der Waals surface area contributed by atoms with Crippen LogP contribution in [0.25, 0.3) is 11.0 Å². The molecule has 3 aromatic rings. The van der Waals surface area contributed by atoms with Crippen molar-refractivity contribution in [1.82, 2.24) is 19.3 Å². The van der Waals surface area contributed by atoms with Crippen LogP contribution in [0.5, 0.6) is 0 Å². The summed E-state index contributed by atoms with van der Waals surface area (Å²) in [7, 11) is 0. The summed E-state index contributed by atoms with van der Waals surface area (Å²) in [6.45, 7) is 4.61. The fraction of sp³-hybridized carbons (Fsp3) is 0.278. The Labute approximate surface area is 159 Å². The van der Waals surface area contributed by atoms with Crippen LogP contribution in [0.1, 0.15) is 39.9 Å². The fourth-order valence-corrected chi connectivity index (χ4v) is 3.38. The largest absolute Gasteiger partial charge is 0.366 e. The van der Waals surface area contributed by atoms with Gasteiger partial charge in [0.1, 0.15) is 5.69 Å². The van der Waals surface area contributed by atoms with Gasteiger partial charge in [-0.05, 0) is 32.0 Å². The lowest BCUT2D eigenvalue weighted by atomic mass is 10.1. The number of nitrogens with two attached hydrogens (primary N) is 1. The molecule has 0 saturated heterocycles. The molecule has 4 rings (SSSR count). The molecule has 0 unspecified atom stereocenters. The molecule has 0 spiro atoms. The summed E-state index contributed by atoms with van der Waals surface area (Å²) >= 11 is 0. The lowest BCUT2D eigenvalue weighted by Crippen LogP contribution is -2.20. The molecule has 3 amide bonds. The van der Waals surface area contributed by atoms with E-state index in [1.165, 1.54) is 6.07 Å². The molecule has 10 nitrogen and oxygen atoms in total. The van der Waals surface area contributed by atoms with Crippen LogP contribution in [0.3, 0.4) is 0 Å². The zero-order valence-electron chi connectivity index (χ0n) is 15.4. The minimum Gasteiger partial charge on any atom is -0.366 e.